The van der Waals surface area contributed by atoms with E-state index < -0.39 is 0 Å². The Bertz CT molecular complexity index is 1140. The van der Waals surface area contributed by atoms with Gasteiger partial charge in [-0.15, -0.1) is 0 Å². The van der Waals surface area contributed by atoms with Gasteiger partial charge in [-0.25, -0.2) is 0 Å². The number of hydrogen-bond donors (Lipinski definition) is 0. The number of aromatic nitrogens is 1. The molecule has 0 fully saturated rings. The van der Waals surface area contributed by atoms with Gasteiger partial charge in [-0.3, -0.25) is 4.79 Å². The monoisotopic (exact) mass is 366 g/mol. The van der Waals surface area contributed by atoms with Gasteiger partial charge in [0, 0.05) is 35.9 Å². The summed E-state index contributed by atoms with van der Waals surface area (Å²) in [7, 11) is 0. The maximum Gasteiger partial charge on any atom is 0.231 e. The first-order valence-electron chi connectivity index (χ1n) is 9.78. The zero-order valence-corrected chi connectivity index (χ0v) is 15.7. The number of fused-ring (bicyclic) bond motifs is 2. The second-order valence-corrected chi connectivity index (χ2v) is 7.39. The number of hydrogen-bond acceptors (Lipinski definition) is 1. The van der Waals surface area contributed by atoms with Gasteiger partial charge in [-0.1, -0.05) is 66.7 Å². The normalized spacial score (nSPS) is 13.1. The number of amides is 1. The molecule has 0 spiro atoms. The number of rotatable bonds is 4. The van der Waals surface area contributed by atoms with E-state index in [1.807, 2.05) is 29.2 Å². The molecule has 1 aliphatic rings. The van der Waals surface area contributed by atoms with Crippen LogP contribution in [0, 0.1) is 0 Å². The predicted octanol–water partition coefficient (Wildman–Crippen LogP) is 4.82. The zero-order valence-electron chi connectivity index (χ0n) is 15.7. The topological polar surface area (TPSA) is 25.2 Å². The summed E-state index contributed by atoms with van der Waals surface area (Å²) < 4.78 is 2.26. The molecule has 0 radical (unpaired) electrons. The number of para-hydroxylation sites is 2. The Morgan fingerprint density at radius 3 is 2.50 bits per heavy atom. The molecule has 1 aromatic heterocycles. The average molecular weight is 366 g/mol. The van der Waals surface area contributed by atoms with Crippen LogP contribution in [0.4, 0.5) is 5.69 Å². The highest BCUT2D eigenvalue weighted by atomic mass is 16.2. The van der Waals surface area contributed by atoms with E-state index >= 15 is 0 Å². The van der Waals surface area contributed by atoms with Gasteiger partial charge in [-0.05, 0) is 35.2 Å². The Hall–Kier alpha value is -3.33. The summed E-state index contributed by atoms with van der Waals surface area (Å²) in [6, 6.07) is 27.0. The lowest BCUT2D eigenvalue weighted by molar-refractivity contribution is -0.117. The molecule has 3 heteroatoms. The van der Waals surface area contributed by atoms with E-state index in [1.54, 1.807) is 0 Å². The molecular weight excluding hydrogens is 344 g/mol. The molecular formula is C25H22N2O. The molecule has 0 bridgehead atoms. The molecule has 2 heterocycles. The first kappa shape index (κ1) is 16.8. The van der Waals surface area contributed by atoms with Crippen molar-refractivity contribution in [2.45, 2.75) is 19.4 Å². The Morgan fingerprint density at radius 2 is 1.61 bits per heavy atom. The maximum atomic E-state index is 13.1. The maximum absolute atomic E-state index is 13.1. The fourth-order valence-corrected chi connectivity index (χ4v) is 4.23. The van der Waals surface area contributed by atoms with E-state index in [2.05, 4.69) is 65.4 Å². The third kappa shape index (κ3) is 2.99. The third-order valence-electron chi connectivity index (χ3n) is 5.60. The molecule has 0 unspecified atom stereocenters. The summed E-state index contributed by atoms with van der Waals surface area (Å²) in [5.74, 6) is 0.174. The van der Waals surface area contributed by atoms with Crippen molar-refractivity contribution < 1.29 is 4.79 Å². The fraction of sp³-hybridized carbons (Fsp3) is 0.160. The summed E-state index contributed by atoms with van der Waals surface area (Å²) in [6.45, 7) is 1.59. The predicted molar refractivity (Wildman–Crippen MR) is 114 cm³/mol. The van der Waals surface area contributed by atoms with Crippen LogP contribution in [-0.4, -0.2) is 17.0 Å². The molecule has 0 saturated heterocycles. The van der Waals surface area contributed by atoms with Crippen LogP contribution in [0.3, 0.4) is 0 Å². The van der Waals surface area contributed by atoms with E-state index in [0.717, 1.165) is 30.8 Å². The molecule has 1 aliphatic heterocycles. The minimum atomic E-state index is 0.174. The zero-order chi connectivity index (χ0) is 18.9. The standard InChI is InChI=1S/C25H22N2O/c28-25(27-15-14-20-10-4-6-12-23(20)27)16-21-18-26(17-19-8-2-1-3-9-19)24-13-7-5-11-22(21)24/h1-13,18H,14-17H2. The first-order chi connectivity index (χ1) is 13.8. The Morgan fingerprint density at radius 1 is 0.857 bits per heavy atom. The average Bonchev–Trinajstić information content (AvgIpc) is 3.31. The van der Waals surface area contributed by atoms with E-state index in [9.17, 15) is 4.79 Å². The molecule has 5 rings (SSSR count). The van der Waals surface area contributed by atoms with Crippen molar-refractivity contribution in [3.05, 3.63) is 102 Å². The van der Waals surface area contributed by atoms with Gasteiger partial charge in [0.25, 0.3) is 0 Å². The van der Waals surface area contributed by atoms with Crippen molar-refractivity contribution in [3.8, 4) is 0 Å². The van der Waals surface area contributed by atoms with Gasteiger partial charge in [-0.2, -0.15) is 0 Å². The summed E-state index contributed by atoms with van der Waals surface area (Å²) in [4.78, 5) is 15.0. The van der Waals surface area contributed by atoms with Crippen LogP contribution in [0.15, 0.2) is 85.1 Å². The highest BCUT2D eigenvalue weighted by Gasteiger charge is 2.25. The second-order valence-electron chi connectivity index (χ2n) is 7.39. The van der Waals surface area contributed by atoms with Crippen molar-refractivity contribution in [1.29, 1.82) is 0 Å². The van der Waals surface area contributed by atoms with E-state index in [1.165, 1.54) is 22.0 Å². The molecule has 28 heavy (non-hydrogen) atoms. The first-order valence-corrected chi connectivity index (χ1v) is 9.78. The number of benzene rings is 3. The van der Waals surface area contributed by atoms with Crippen LogP contribution in [0.2, 0.25) is 0 Å². The molecule has 4 aromatic rings. The van der Waals surface area contributed by atoms with Gasteiger partial charge < -0.3 is 9.47 Å². The summed E-state index contributed by atoms with van der Waals surface area (Å²) in [6.07, 6.45) is 3.52. The molecule has 0 N–H and O–H groups in total. The van der Waals surface area contributed by atoms with E-state index in [-0.39, 0.29) is 5.91 Å². The van der Waals surface area contributed by atoms with Gasteiger partial charge >= 0.3 is 0 Å². The van der Waals surface area contributed by atoms with Crippen LogP contribution >= 0.6 is 0 Å². The van der Waals surface area contributed by atoms with Crippen molar-refractivity contribution in [2.75, 3.05) is 11.4 Å². The van der Waals surface area contributed by atoms with Gasteiger partial charge in [0.1, 0.15) is 0 Å². The van der Waals surface area contributed by atoms with Gasteiger partial charge in [0.15, 0.2) is 0 Å². The van der Waals surface area contributed by atoms with Crippen LogP contribution in [0.25, 0.3) is 10.9 Å². The minimum Gasteiger partial charge on any atom is -0.343 e. The number of nitrogens with zero attached hydrogens (tertiary/aromatic N) is 2. The molecule has 1 amide bonds. The fourth-order valence-electron chi connectivity index (χ4n) is 4.23. The summed E-state index contributed by atoms with van der Waals surface area (Å²) in [5.41, 5.74) is 5.87. The lowest BCUT2D eigenvalue weighted by atomic mass is 10.1. The van der Waals surface area contributed by atoms with Crippen molar-refractivity contribution in [2.24, 2.45) is 0 Å². The molecule has 138 valence electrons. The van der Waals surface area contributed by atoms with Crippen molar-refractivity contribution in [1.82, 2.24) is 4.57 Å². The van der Waals surface area contributed by atoms with Crippen molar-refractivity contribution in [3.63, 3.8) is 0 Å². The van der Waals surface area contributed by atoms with Crippen LogP contribution in [-0.2, 0) is 24.2 Å². The second kappa shape index (κ2) is 7.01. The highest BCUT2D eigenvalue weighted by molar-refractivity contribution is 5.99. The lowest BCUT2D eigenvalue weighted by Gasteiger charge is -2.17. The van der Waals surface area contributed by atoms with Gasteiger partial charge in [0.2, 0.25) is 5.91 Å². The molecule has 0 saturated carbocycles. The van der Waals surface area contributed by atoms with Crippen LogP contribution < -0.4 is 4.90 Å². The SMILES string of the molecule is O=C(Cc1cn(Cc2ccccc2)c2ccccc12)N1CCc2ccccc21. The Kier molecular flexibility index (Phi) is 4.21. The summed E-state index contributed by atoms with van der Waals surface area (Å²) in [5, 5.41) is 1.17. The minimum absolute atomic E-state index is 0.174. The highest BCUT2D eigenvalue weighted by Crippen LogP contribution is 2.29. The quantitative estimate of drug-likeness (QED) is 0.508. The number of carbonyl (C=O) groups excluding carboxylic acids is 1. The van der Waals surface area contributed by atoms with Crippen LogP contribution in [0.5, 0.6) is 0 Å². The largest absolute Gasteiger partial charge is 0.343 e. The third-order valence-corrected chi connectivity index (χ3v) is 5.60. The molecule has 0 aliphatic carbocycles. The van der Waals surface area contributed by atoms with Crippen molar-refractivity contribution >= 4 is 22.5 Å². The lowest BCUT2D eigenvalue weighted by Crippen LogP contribution is -2.30. The molecule has 3 nitrogen and oxygen atoms in total. The summed E-state index contributed by atoms with van der Waals surface area (Å²) >= 11 is 0. The molecule has 3 aromatic carbocycles. The van der Waals surface area contributed by atoms with E-state index in [4.69, 9.17) is 0 Å². The van der Waals surface area contributed by atoms with Gasteiger partial charge in [0.05, 0.1) is 6.42 Å². The Balaban J connectivity index is 1.46. The van der Waals surface area contributed by atoms with Crippen LogP contribution in [0.1, 0.15) is 16.7 Å². The number of carbonyl (C=O) groups is 1. The number of anilines is 1. The van der Waals surface area contributed by atoms with E-state index in [0.29, 0.717) is 6.42 Å². The molecule has 0 atom stereocenters. The smallest absolute Gasteiger partial charge is 0.231 e. The Labute approximate surface area is 164 Å².